The second-order valence-corrected chi connectivity index (χ2v) is 8.18. The van der Waals surface area contributed by atoms with E-state index in [9.17, 15) is 27.2 Å². The van der Waals surface area contributed by atoms with Crippen molar-refractivity contribution < 1.29 is 31.9 Å². The largest absolute Gasteiger partial charge is 0.457 e. The summed E-state index contributed by atoms with van der Waals surface area (Å²) in [6.07, 6.45) is -3.22. The van der Waals surface area contributed by atoms with Crippen LogP contribution < -0.4 is 20.7 Å². The Morgan fingerprint density at radius 1 is 1.00 bits per heavy atom. The SMILES string of the molecule is CC(=O)NCCNC(=O)c1cc(Oc2ccc3c(c2)nc(Nc2cc(C(F)(F)F)ccc2F)n3C)ccn1. The van der Waals surface area contributed by atoms with Crippen molar-refractivity contribution >= 4 is 34.5 Å². The number of aryl methyl sites for hydroxylation is 1. The van der Waals surface area contributed by atoms with Crippen LogP contribution in [0.3, 0.4) is 0 Å². The number of carbonyl (C=O) groups is 2. The lowest BCUT2D eigenvalue weighted by molar-refractivity contribution is -0.137. The molecule has 9 nitrogen and oxygen atoms in total. The Morgan fingerprint density at radius 2 is 1.74 bits per heavy atom. The third-order valence-electron chi connectivity index (χ3n) is 5.38. The number of amides is 2. The lowest BCUT2D eigenvalue weighted by Crippen LogP contribution is -2.33. The van der Waals surface area contributed by atoms with Gasteiger partial charge in [0.25, 0.3) is 5.91 Å². The monoisotopic (exact) mass is 530 g/mol. The average Bonchev–Trinajstić information content (AvgIpc) is 3.16. The maximum Gasteiger partial charge on any atom is 0.416 e. The predicted octanol–water partition coefficient (Wildman–Crippen LogP) is 4.53. The molecule has 3 N–H and O–H groups in total. The first-order chi connectivity index (χ1) is 18.0. The van der Waals surface area contributed by atoms with E-state index >= 15 is 0 Å². The van der Waals surface area contributed by atoms with Gasteiger partial charge in [0.05, 0.1) is 22.3 Å². The lowest BCUT2D eigenvalue weighted by atomic mass is 10.2. The smallest absolute Gasteiger partial charge is 0.416 e. The van der Waals surface area contributed by atoms with Gasteiger partial charge in [-0.2, -0.15) is 13.2 Å². The van der Waals surface area contributed by atoms with Gasteiger partial charge in [0, 0.05) is 45.4 Å². The molecule has 0 saturated heterocycles. The molecule has 13 heteroatoms. The zero-order chi connectivity index (χ0) is 27.4. The Labute approximate surface area is 213 Å². The molecule has 2 aromatic heterocycles. The summed E-state index contributed by atoms with van der Waals surface area (Å²) in [4.78, 5) is 31.6. The van der Waals surface area contributed by atoms with Gasteiger partial charge in [-0.1, -0.05) is 0 Å². The number of aromatic nitrogens is 3. The molecule has 0 bridgehead atoms. The van der Waals surface area contributed by atoms with Gasteiger partial charge in [0.15, 0.2) is 0 Å². The normalized spacial score (nSPS) is 11.3. The second-order valence-electron chi connectivity index (χ2n) is 8.18. The number of hydrogen-bond acceptors (Lipinski definition) is 6. The molecule has 0 radical (unpaired) electrons. The van der Waals surface area contributed by atoms with Crippen LogP contribution in [0.2, 0.25) is 0 Å². The van der Waals surface area contributed by atoms with Crippen molar-refractivity contribution in [1.82, 2.24) is 25.2 Å². The minimum absolute atomic E-state index is 0.110. The van der Waals surface area contributed by atoms with Crippen molar-refractivity contribution in [2.45, 2.75) is 13.1 Å². The number of fused-ring (bicyclic) bond motifs is 1. The molecule has 0 aliphatic carbocycles. The summed E-state index contributed by atoms with van der Waals surface area (Å²) >= 11 is 0. The molecule has 0 saturated carbocycles. The van der Waals surface area contributed by atoms with Crippen molar-refractivity contribution in [3.05, 3.63) is 71.8 Å². The van der Waals surface area contributed by atoms with E-state index in [2.05, 4.69) is 25.9 Å². The first kappa shape index (κ1) is 26.4. The number of imidazole rings is 1. The quantitative estimate of drug-likeness (QED) is 0.228. The van der Waals surface area contributed by atoms with Gasteiger partial charge in [0.2, 0.25) is 11.9 Å². The predicted molar refractivity (Wildman–Crippen MR) is 131 cm³/mol. The van der Waals surface area contributed by atoms with Crippen LogP contribution in [0.15, 0.2) is 54.7 Å². The Balaban J connectivity index is 1.50. The number of nitrogens with one attached hydrogen (secondary N) is 3. The molecule has 4 aromatic rings. The number of pyridine rings is 1. The molecule has 0 unspecified atom stereocenters. The standard InChI is InChI=1S/C25H22F4N6O3/c1-14(36)30-9-10-32-23(37)21-13-17(7-8-31-21)38-16-4-6-22-20(12-16)34-24(35(22)2)33-19-11-15(25(27,28)29)3-5-18(19)26/h3-8,11-13H,9-10H2,1-2H3,(H,30,36)(H,32,37)(H,33,34). The summed E-state index contributed by atoms with van der Waals surface area (Å²) in [5.41, 5.74) is -0.201. The minimum Gasteiger partial charge on any atom is -0.457 e. The van der Waals surface area contributed by atoms with Crippen molar-refractivity contribution in [2.24, 2.45) is 7.05 Å². The molecule has 0 spiro atoms. The van der Waals surface area contributed by atoms with E-state index in [4.69, 9.17) is 4.74 Å². The van der Waals surface area contributed by atoms with Gasteiger partial charge in [-0.05, 0) is 36.4 Å². The van der Waals surface area contributed by atoms with Gasteiger partial charge in [-0.25, -0.2) is 9.37 Å². The van der Waals surface area contributed by atoms with Crippen molar-refractivity contribution in [3.8, 4) is 11.5 Å². The van der Waals surface area contributed by atoms with Crippen molar-refractivity contribution in [2.75, 3.05) is 18.4 Å². The molecule has 0 atom stereocenters. The van der Waals surface area contributed by atoms with E-state index in [-0.39, 0.29) is 36.3 Å². The summed E-state index contributed by atoms with van der Waals surface area (Å²) in [6, 6.07) is 10.0. The van der Waals surface area contributed by atoms with Crippen LogP contribution in [-0.2, 0) is 18.0 Å². The number of anilines is 2. The van der Waals surface area contributed by atoms with E-state index in [1.807, 2.05) is 0 Å². The first-order valence-electron chi connectivity index (χ1n) is 11.3. The van der Waals surface area contributed by atoms with E-state index in [1.165, 1.54) is 19.2 Å². The molecular formula is C25H22F4N6O3. The number of nitrogens with zero attached hydrogens (tertiary/aromatic N) is 3. The fourth-order valence-electron chi connectivity index (χ4n) is 3.51. The number of ether oxygens (including phenoxy) is 1. The van der Waals surface area contributed by atoms with Gasteiger partial charge in [0.1, 0.15) is 23.0 Å². The van der Waals surface area contributed by atoms with E-state index in [1.54, 1.807) is 35.9 Å². The minimum atomic E-state index is -4.62. The van der Waals surface area contributed by atoms with Crippen molar-refractivity contribution in [3.63, 3.8) is 0 Å². The van der Waals surface area contributed by atoms with Crippen LogP contribution in [0.1, 0.15) is 23.0 Å². The Hall–Kier alpha value is -4.68. The number of hydrogen-bond donors (Lipinski definition) is 3. The Kier molecular flexibility index (Phi) is 7.46. The van der Waals surface area contributed by atoms with Gasteiger partial charge >= 0.3 is 6.18 Å². The third-order valence-corrected chi connectivity index (χ3v) is 5.38. The number of carbonyl (C=O) groups excluding carboxylic acids is 2. The van der Waals surface area contributed by atoms with Crippen molar-refractivity contribution in [1.29, 1.82) is 0 Å². The van der Waals surface area contributed by atoms with Crippen LogP contribution >= 0.6 is 0 Å². The lowest BCUT2D eigenvalue weighted by Gasteiger charge is -2.11. The van der Waals surface area contributed by atoms with E-state index < -0.39 is 23.5 Å². The number of benzene rings is 2. The van der Waals surface area contributed by atoms with E-state index in [0.717, 1.165) is 6.07 Å². The molecule has 2 heterocycles. The summed E-state index contributed by atoms with van der Waals surface area (Å²) < 4.78 is 60.8. The summed E-state index contributed by atoms with van der Waals surface area (Å²) in [6.45, 7) is 1.88. The summed E-state index contributed by atoms with van der Waals surface area (Å²) in [7, 11) is 1.63. The first-order valence-corrected chi connectivity index (χ1v) is 11.3. The molecule has 2 aromatic carbocycles. The van der Waals surface area contributed by atoms with E-state index in [0.29, 0.717) is 34.7 Å². The summed E-state index contributed by atoms with van der Waals surface area (Å²) in [5, 5.41) is 7.82. The number of alkyl halides is 3. The van der Waals surface area contributed by atoms with Crippen LogP contribution in [-0.4, -0.2) is 39.4 Å². The number of halogens is 4. The second kappa shape index (κ2) is 10.7. The molecule has 0 aliphatic heterocycles. The van der Waals surface area contributed by atoms with Crippen LogP contribution in [0.5, 0.6) is 11.5 Å². The fourth-order valence-corrected chi connectivity index (χ4v) is 3.51. The molecule has 4 rings (SSSR count). The average molecular weight is 530 g/mol. The van der Waals surface area contributed by atoms with Gasteiger partial charge in [-0.3, -0.25) is 14.6 Å². The maximum absolute atomic E-state index is 14.2. The molecule has 0 fully saturated rings. The Morgan fingerprint density at radius 3 is 2.47 bits per heavy atom. The fraction of sp³-hybridized carbons (Fsp3) is 0.200. The highest BCUT2D eigenvalue weighted by Crippen LogP contribution is 2.33. The highest BCUT2D eigenvalue weighted by Gasteiger charge is 2.31. The van der Waals surface area contributed by atoms with Crippen LogP contribution in [0.25, 0.3) is 11.0 Å². The van der Waals surface area contributed by atoms with Gasteiger partial charge in [-0.15, -0.1) is 0 Å². The maximum atomic E-state index is 14.2. The number of rotatable bonds is 8. The zero-order valence-electron chi connectivity index (χ0n) is 20.2. The topological polar surface area (TPSA) is 110 Å². The highest BCUT2D eigenvalue weighted by molar-refractivity contribution is 5.92. The molecule has 2 amide bonds. The Bertz CT molecular complexity index is 1500. The molecule has 38 heavy (non-hydrogen) atoms. The third kappa shape index (κ3) is 6.17. The summed E-state index contributed by atoms with van der Waals surface area (Å²) in [5.74, 6) is -0.691. The molecule has 0 aliphatic rings. The molecular weight excluding hydrogens is 508 g/mol. The van der Waals surface area contributed by atoms with Gasteiger partial charge < -0.3 is 25.3 Å². The zero-order valence-corrected chi connectivity index (χ0v) is 20.2. The van der Waals surface area contributed by atoms with Crippen LogP contribution in [0, 0.1) is 5.82 Å². The molecule has 198 valence electrons. The van der Waals surface area contributed by atoms with Crippen LogP contribution in [0.4, 0.5) is 29.2 Å². The highest BCUT2D eigenvalue weighted by atomic mass is 19.4.